The van der Waals surface area contributed by atoms with E-state index in [1.807, 2.05) is 6.07 Å². The number of hydrogen-bond acceptors (Lipinski definition) is 2. The molecule has 1 aliphatic rings. The molecule has 1 aliphatic heterocycles. The van der Waals surface area contributed by atoms with Crippen molar-refractivity contribution in [3.63, 3.8) is 0 Å². The van der Waals surface area contributed by atoms with Crippen LogP contribution >= 0.6 is 15.9 Å². The van der Waals surface area contributed by atoms with Crippen molar-refractivity contribution in [2.75, 3.05) is 26.8 Å². The molecule has 110 valence electrons. The average Bonchev–Trinajstić information content (AvgIpc) is 2.91. The Morgan fingerprint density at radius 1 is 1.45 bits per heavy atom. The van der Waals surface area contributed by atoms with Crippen molar-refractivity contribution < 1.29 is 9.13 Å². The molecule has 1 unspecified atom stereocenters. The van der Waals surface area contributed by atoms with Gasteiger partial charge in [0.15, 0.2) is 5.96 Å². The highest BCUT2D eigenvalue weighted by molar-refractivity contribution is 9.10. The van der Waals surface area contributed by atoms with Crippen LogP contribution in [0.5, 0.6) is 0 Å². The second-order valence-electron chi connectivity index (χ2n) is 4.81. The molecule has 2 N–H and O–H groups in total. The molecule has 1 atom stereocenters. The molecule has 1 fully saturated rings. The molecule has 1 aromatic carbocycles. The van der Waals surface area contributed by atoms with Crippen LogP contribution in [0.1, 0.15) is 12.0 Å². The van der Waals surface area contributed by atoms with Crippen molar-refractivity contribution in [1.82, 2.24) is 10.6 Å². The topological polar surface area (TPSA) is 45.7 Å². The third kappa shape index (κ3) is 4.76. The van der Waals surface area contributed by atoms with E-state index < -0.39 is 0 Å². The Hall–Kier alpha value is -1.14. The zero-order valence-electron chi connectivity index (χ0n) is 11.5. The molecule has 20 heavy (non-hydrogen) atoms. The number of ether oxygens (including phenoxy) is 1. The van der Waals surface area contributed by atoms with Gasteiger partial charge in [-0.3, -0.25) is 4.99 Å². The largest absolute Gasteiger partial charge is 0.381 e. The van der Waals surface area contributed by atoms with E-state index in [1.165, 1.54) is 12.1 Å². The summed E-state index contributed by atoms with van der Waals surface area (Å²) in [5, 5.41) is 6.44. The number of nitrogens with zero attached hydrogens (tertiary/aromatic N) is 1. The molecule has 0 aromatic heterocycles. The van der Waals surface area contributed by atoms with Crippen LogP contribution < -0.4 is 10.6 Å². The molecule has 6 heteroatoms. The lowest BCUT2D eigenvalue weighted by atomic mass is 10.1. The first-order chi connectivity index (χ1) is 9.67. The summed E-state index contributed by atoms with van der Waals surface area (Å²) in [6.07, 6.45) is 1.08. The summed E-state index contributed by atoms with van der Waals surface area (Å²) >= 11 is 3.28. The number of halogens is 2. The molecule has 1 saturated heterocycles. The van der Waals surface area contributed by atoms with Gasteiger partial charge >= 0.3 is 0 Å². The Bertz CT molecular complexity index is 455. The SMILES string of the molecule is CN=C(NCc1cc(F)cc(Br)c1)NCC1CCOC1. The van der Waals surface area contributed by atoms with E-state index in [0.717, 1.165) is 42.2 Å². The van der Waals surface area contributed by atoms with Gasteiger partial charge in [-0.25, -0.2) is 4.39 Å². The van der Waals surface area contributed by atoms with E-state index >= 15 is 0 Å². The van der Waals surface area contributed by atoms with Crippen molar-refractivity contribution >= 4 is 21.9 Å². The number of rotatable bonds is 4. The first-order valence-electron chi connectivity index (χ1n) is 6.64. The maximum absolute atomic E-state index is 13.3. The first-order valence-corrected chi connectivity index (χ1v) is 7.44. The van der Waals surface area contributed by atoms with Gasteiger partial charge in [0, 0.05) is 37.1 Å². The summed E-state index contributed by atoms with van der Waals surface area (Å²) in [7, 11) is 1.72. The zero-order chi connectivity index (χ0) is 14.4. The summed E-state index contributed by atoms with van der Waals surface area (Å²) in [4.78, 5) is 4.16. The van der Waals surface area contributed by atoms with Crippen LogP contribution in [0.3, 0.4) is 0 Å². The molecule has 0 aliphatic carbocycles. The van der Waals surface area contributed by atoms with E-state index in [9.17, 15) is 4.39 Å². The minimum Gasteiger partial charge on any atom is -0.381 e. The number of benzene rings is 1. The van der Waals surface area contributed by atoms with Crippen molar-refractivity contribution in [1.29, 1.82) is 0 Å². The van der Waals surface area contributed by atoms with E-state index in [4.69, 9.17) is 4.74 Å². The second kappa shape index (κ2) is 7.59. The van der Waals surface area contributed by atoms with Gasteiger partial charge in [-0.1, -0.05) is 15.9 Å². The maximum atomic E-state index is 13.3. The first kappa shape index (κ1) is 15.3. The Morgan fingerprint density at radius 3 is 2.95 bits per heavy atom. The van der Waals surface area contributed by atoms with Gasteiger partial charge in [0.1, 0.15) is 5.82 Å². The molecule has 1 aromatic rings. The Balaban J connectivity index is 1.80. The van der Waals surface area contributed by atoms with Gasteiger partial charge in [-0.05, 0) is 30.2 Å². The molecule has 1 heterocycles. The molecule has 0 spiro atoms. The van der Waals surface area contributed by atoms with Gasteiger partial charge < -0.3 is 15.4 Å². The molecule has 0 amide bonds. The predicted molar refractivity (Wildman–Crippen MR) is 81.2 cm³/mol. The summed E-state index contributed by atoms with van der Waals surface area (Å²) in [6.45, 7) is 3.01. The van der Waals surface area contributed by atoms with Crippen molar-refractivity contribution in [2.24, 2.45) is 10.9 Å². The van der Waals surface area contributed by atoms with E-state index in [1.54, 1.807) is 7.05 Å². The maximum Gasteiger partial charge on any atom is 0.191 e. The standard InChI is InChI=1S/C14H19BrFN3O/c1-17-14(18-7-10-2-3-20-9-10)19-8-11-4-12(15)6-13(16)5-11/h4-6,10H,2-3,7-9H2,1H3,(H2,17,18,19). The fraction of sp³-hybridized carbons (Fsp3) is 0.500. The Labute approximate surface area is 126 Å². The number of hydrogen-bond donors (Lipinski definition) is 2. The van der Waals surface area contributed by atoms with Crippen LogP contribution in [0.4, 0.5) is 4.39 Å². The van der Waals surface area contributed by atoms with Crippen LogP contribution in [0.2, 0.25) is 0 Å². The number of aliphatic imine (C=N–C) groups is 1. The lowest BCUT2D eigenvalue weighted by Gasteiger charge is -2.14. The third-order valence-electron chi connectivity index (χ3n) is 3.19. The summed E-state index contributed by atoms with van der Waals surface area (Å²) < 4.78 is 19.3. The predicted octanol–water partition coefficient (Wildman–Crippen LogP) is 2.29. The van der Waals surface area contributed by atoms with E-state index in [2.05, 4.69) is 31.6 Å². The zero-order valence-corrected chi connectivity index (χ0v) is 13.0. The number of nitrogens with one attached hydrogen (secondary N) is 2. The van der Waals surface area contributed by atoms with Crippen molar-refractivity contribution in [2.45, 2.75) is 13.0 Å². The van der Waals surface area contributed by atoms with Crippen molar-refractivity contribution in [3.05, 3.63) is 34.1 Å². The summed E-state index contributed by atoms with van der Waals surface area (Å²) in [5.41, 5.74) is 0.865. The van der Waals surface area contributed by atoms with Crippen LogP contribution in [0, 0.1) is 11.7 Å². The van der Waals surface area contributed by atoms with Crippen LogP contribution in [0.25, 0.3) is 0 Å². The molecule has 0 bridgehead atoms. The summed E-state index contributed by atoms with van der Waals surface area (Å²) in [6, 6.07) is 4.83. The van der Waals surface area contributed by atoms with Crippen LogP contribution in [-0.2, 0) is 11.3 Å². The third-order valence-corrected chi connectivity index (χ3v) is 3.65. The highest BCUT2D eigenvalue weighted by atomic mass is 79.9. The average molecular weight is 344 g/mol. The lowest BCUT2D eigenvalue weighted by molar-refractivity contribution is 0.186. The molecular formula is C14H19BrFN3O. The van der Waals surface area contributed by atoms with Gasteiger partial charge in [0.05, 0.1) is 6.61 Å². The molecule has 4 nitrogen and oxygen atoms in total. The van der Waals surface area contributed by atoms with Crippen molar-refractivity contribution in [3.8, 4) is 0 Å². The fourth-order valence-electron chi connectivity index (χ4n) is 2.10. The minimum atomic E-state index is -0.248. The number of guanidine groups is 1. The van der Waals surface area contributed by atoms with E-state index in [-0.39, 0.29) is 5.82 Å². The monoisotopic (exact) mass is 343 g/mol. The highest BCUT2D eigenvalue weighted by Gasteiger charge is 2.15. The van der Waals surface area contributed by atoms with Gasteiger partial charge in [0.25, 0.3) is 0 Å². The fourth-order valence-corrected chi connectivity index (χ4v) is 2.62. The van der Waals surface area contributed by atoms with Crippen LogP contribution in [0.15, 0.2) is 27.7 Å². The normalized spacial score (nSPS) is 19.1. The molecule has 0 radical (unpaired) electrons. The Morgan fingerprint density at radius 2 is 2.30 bits per heavy atom. The van der Waals surface area contributed by atoms with Crippen LogP contribution in [-0.4, -0.2) is 32.8 Å². The minimum absolute atomic E-state index is 0.248. The lowest BCUT2D eigenvalue weighted by Crippen LogP contribution is -2.39. The smallest absolute Gasteiger partial charge is 0.191 e. The Kier molecular flexibility index (Phi) is 5.79. The van der Waals surface area contributed by atoms with Gasteiger partial charge in [0.2, 0.25) is 0 Å². The second-order valence-corrected chi connectivity index (χ2v) is 5.73. The van der Waals surface area contributed by atoms with Gasteiger partial charge in [-0.15, -0.1) is 0 Å². The molecular weight excluding hydrogens is 325 g/mol. The summed E-state index contributed by atoms with van der Waals surface area (Å²) in [5.74, 6) is 1.01. The van der Waals surface area contributed by atoms with Gasteiger partial charge in [-0.2, -0.15) is 0 Å². The molecule has 0 saturated carbocycles. The van der Waals surface area contributed by atoms with E-state index in [0.29, 0.717) is 12.5 Å². The quantitative estimate of drug-likeness (QED) is 0.651. The highest BCUT2D eigenvalue weighted by Crippen LogP contribution is 2.14. The molecule has 2 rings (SSSR count).